The van der Waals surface area contributed by atoms with Gasteiger partial charge in [-0.2, -0.15) is 0 Å². The normalized spacial score (nSPS) is 23.6. The fraction of sp³-hybridized carbons (Fsp3) is 0.500. The molecule has 0 aromatic carbocycles. The number of hydrogen-bond acceptors (Lipinski definition) is 3. The molecule has 0 spiro atoms. The molecule has 1 saturated heterocycles. The van der Waals surface area contributed by atoms with Gasteiger partial charge in [0.15, 0.2) is 0 Å². The lowest BCUT2D eigenvalue weighted by Crippen LogP contribution is -2.33. The molecule has 2 unspecified atom stereocenters. The molecule has 17 heavy (non-hydrogen) atoms. The second-order valence-corrected chi connectivity index (χ2v) is 4.26. The zero-order valence-corrected chi connectivity index (χ0v) is 9.73. The zero-order chi connectivity index (χ0) is 12.3. The second-order valence-electron chi connectivity index (χ2n) is 4.26. The maximum absolute atomic E-state index is 11.7. The minimum atomic E-state index is -0.268. The highest BCUT2D eigenvalue weighted by atomic mass is 16.5. The molecule has 1 aromatic heterocycles. The molecular weight excluding hydrogens is 220 g/mol. The summed E-state index contributed by atoms with van der Waals surface area (Å²) < 4.78 is 5.41. The average molecular weight is 236 g/mol. The van der Waals surface area contributed by atoms with E-state index in [2.05, 4.69) is 10.3 Å². The highest BCUT2D eigenvalue weighted by Gasteiger charge is 2.24. The fourth-order valence-corrected chi connectivity index (χ4v) is 1.94. The Morgan fingerprint density at radius 2 is 2.41 bits per heavy atom. The van der Waals surface area contributed by atoms with Crippen molar-refractivity contribution in [1.82, 2.24) is 10.3 Å². The molecule has 5 nitrogen and oxygen atoms in total. The highest BCUT2D eigenvalue weighted by Crippen LogP contribution is 2.19. The van der Waals surface area contributed by atoms with E-state index in [0.717, 1.165) is 13.0 Å². The molecule has 1 fully saturated rings. The number of H-pyrrole nitrogens is 1. The van der Waals surface area contributed by atoms with Crippen LogP contribution in [0.4, 0.5) is 0 Å². The number of carbonyl (C=O) groups is 1. The first-order valence-corrected chi connectivity index (χ1v) is 5.76. The highest BCUT2D eigenvalue weighted by molar-refractivity contribution is 5.92. The molecule has 0 saturated carbocycles. The van der Waals surface area contributed by atoms with Gasteiger partial charge in [0.05, 0.1) is 6.10 Å². The maximum atomic E-state index is 11.7. The van der Waals surface area contributed by atoms with Crippen molar-refractivity contribution in [3.8, 4) is 0 Å². The van der Waals surface area contributed by atoms with E-state index in [9.17, 15) is 9.59 Å². The summed E-state index contributed by atoms with van der Waals surface area (Å²) in [6, 6.07) is 4.53. The van der Waals surface area contributed by atoms with Crippen LogP contribution in [0.15, 0.2) is 23.0 Å². The molecule has 2 heterocycles. The number of carbonyl (C=O) groups excluding carboxylic acids is 1. The lowest BCUT2D eigenvalue weighted by molar-refractivity contribution is 0.0903. The van der Waals surface area contributed by atoms with Crippen molar-refractivity contribution >= 4 is 5.91 Å². The van der Waals surface area contributed by atoms with Crippen molar-refractivity contribution in [2.45, 2.75) is 19.4 Å². The number of aromatic nitrogens is 1. The molecule has 2 rings (SSSR count). The standard InChI is InChI=1S/C12H16N2O3/c1-8-9(5-6-17-8)7-13-12(16)10-3-2-4-11(15)14-10/h2-4,8-9H,5-7H2,1H3,(H,13,16)(H,14,15). The second kappa shape index (κ2) is 5.14. The third kappa shape index (κ3) is 2.94. The summed E-state index contributed by atoms with van der Waals surface area (Å²) in [4.78, 5) is 25.3. The van der Waals surface area contributed by atoms with Crippen LogP contribution in [0.25, 0.3) is 0 Å². The maximum Gasteiger partial charge on any atom is 0.267 e. The van der Waals surface area contributed by atoms with Crippen LogP contribution in [-0.4, -0.2) is 30.1 Å². The summed E-state index contributed by atoms with van der Waals surface area (Å²) in [7, 11) is 0. The Hall–Kier alpha value is -1.62. The van der Waals surface area contributed by atoms with Crippen molar-refractivity contribution in [2.24, 2.45) is 5.92 Å². The van der Waals surface area contributed by atoms with Gasteiger partial charge in [-0.25, -0.2) is 0 Å². The first-order chi connectivity index (χ1) is 8.16. The predicted octanol–water partition coefficient (Wildman–Crippen LogP) is 0.530. The molecule has 1 aliphatic rings. The summed E-state index contributed by atoms with van der Waals surface area (Å²) in [6.45, 7) is 3.34. The van der Waals surface area contributed by atoms with Crippen molar-refractivity contribution < 1.29 is 9.53 Å². The van der Waals surface area contributed by atoms with E-state index >= 15 is 0 Å². The van der Waals surface area contributed by atoms with Gasteiger partial charge < -0.3 is 15.0 Å². The molecule has 0 radical (unpaired) electrons. The number of nitrogens with one attached hydrogen (secondary N) is 2. The van der Waals surface area contributed by atoms with Crippen molar-refractivity contribution in [3.05, 3.63) is 34.2 Å². The largest absolute Gasteiger partial charge is 0.378 e. The number of hydrogen-bond donors (Lipinski definition) is 2. The summed E-state index contributed by atoms with van der Waals surface area (Å²) >= 11 is 0. The Morgan fingerprint density at radius 1 is 1.59 bits per heavy atom. The van der Waals surface area contributed by atoms with Gasteiger partial charge in [0, 0.05) is 25.1 Å². The van der Waals surface area contributed by atoms with Crippen LogP contribution in [0.2, 0.25) is 0 Å². The van der Waals surface area contributed by atoms with Gasteiger partial charge in [-0.1, -0.05) is 6.07 Å². The van der Waals surface area contributed by atoms with Crippen molar-refractivity contribution in [2.75, 3.05) is 13.2 Å². The van der Waals surface area contributed by atoms with Crippen LogP contribution in [0, 0.1) is 5.92 Å². The van der Waals surface area contributed by atoms with Crippen LogP contribution < -0.4 is 10.9 Å². The van der Waals surface area contributed by atoms with Gasteiger partial charge in [-0.05, 0) is 19.4 Å². The first-order valence-electron chi connectivity index (χ1n) is 5.76. The molecular formula is C12H16N2O3. The van der Waals surface area contributed by atoms with E-state index in [-0.39, 0.29) is 17.6 Å². The van der Waals surface area contributed by atoms with Crippen LogP contribution in [0.5, 0.6) is 0 Å². The average Bonchev–Trinajstić information content (AvgIpc) is 2.72. The third-order valence-electron chi connectivity index (χ3n) is 3.07. The summed E-state index contributed by atoms with van der Waals surface area (Å²) in [6.07, 6.45) is 1.15. The van der Waals surface area contributed by atoms with Gasteiger partial charge in [0.2, 0.25) is 5.56 Å². The molecule has 0 bridgehead atoms. The summed E-state index contributed by atoms with van der Waals surface area (Å²) in [5.41, 5.74) is 0.0271. The lowest BCUT2D eigenvalue weighted by Gasteiger charge is -2.14. The Morgan fingerprint density at radius 3 is 3.06 bits per heavy atom. The Balaban J connectivity index is 1.91. The molecule has 1 aliphatic heterocycles. The number of ether oxygens (including phenoxy) is 1. The van der Waals surface area contributed by atoms with Gasteiger partial charge >= 0.3 is 0 Å². The quantitative estimate of drug-likeness (QED) is 0.804. The third-order valence-corrected chi connectivity index (χ3v) is 3.07. The minimum Gasteiger partial charge on any atom is -0.378 e. The molecule has 5 heteroatoms. The topological polar surface area (TPSA) is 71.2 Å². The Kier molecular flexibility index (Phi) is 3.58. The molecule has 1 aromatic rings. The van der Waals surface area contributed by atoms with E-state index in [0.29, 0.717) is 18.2 Å². The van der Waals surface area contributed by atoms with E-state index in [1.54, 1.807) is 12.1 Å². The summed E-state index contributed by atoms with van der Waals surface area (Å²) in [5, 5.41) is 2.81. The Bertz CT molecular complexity index is 455. The van der Waals surface area contributed by atoms with Crippen LogP contribution >= 0.6 is 0 Å². The van der Waals surface area contributed by atoms with E-state index in [4.69, 9.17) is 4.74 Å². The Labute approximate surface area is 99.2 Å². The minimum absolute atomic E-state index is 0.185. The number of amides is 1. The van der Waals surface area contributed by atoms with Crippen LogP contribution in [0.1, 0.15) is 23.8 Å². The van der Waals surface area contributed by atoms with Crippen LogP contribution in [0.3, 0.4) is 0 Å². The van der Waals surface area contributed by atoms with Gasteiger partial charge in [0.1, 0.15) is 5.69 Å². The monoisotopic (exact) mass is 236 g/mol. The van der Waals surface area contributed by atoms with Crippen molar-refractivity contribution in [3.63, 3.8) is 0 Å². The number of rotatable bonds is 3. The van der Waals surface area contributed by atoms with E-state index in [1.165, 1.54) is 6.07 Å². The smallest absolute Gasteiger partial charge is 0.267 e. The van der Waals surface area contributed by atoms with Gasteiger partial charge in [0.25, 0.3) is 5.91 Å². The van der Waals surface area contributed by atoms with Gasteiger partial charge in [-0.3, -0.25) is 9.59 Å². The molecule has 1 amide bonds. The molecule has 92 valence electrons. The summed E-state index contributed by atoms with van der Waals surface area (Å²) in [5.74, 6) is 0.108. The fourth-order valence-electron chi connectivity index (χ4n) is 1.94. The molecule has 0 aliphatic carbocycles. The van der Waals surface area contributed by atoms with Crippen LogP contribution in [-0.2, 0) is 4.74 Å². The first kappa shape index (κ1) is 11.9. The zero-order valence-electron chi connectivity index (χ0n) is 9.73. The number of aromatic amines is 1. The SMILES string of the molecule is CC1OCCC1CNC(=O)c1cccc(=O)[nH]1. The number of pyridine rings is 1. The molecule has 2 atom stereocenters. The predicted molar refractivity (Wildman–Crippen MR) is 62.9 cm³/mol. The van der Waals surface area contributed by atoms with E-state index in [1.807, 2.05) is 6.92 Å². The van der Waals surface area contributed by atoms with Crippen molar-refractivity contribution in [1.29, 1.82) is 0 Å². The molecule has 2 N–H and O–H groups in total. The lowest BCUT2D eigenvalue weighted by atomic mass is 10.0. The van der Waals surface area contributed by atoms with E-state index < -0.39 is 0 Å². The van der Waals surface area contributed by atoms with Gasteiger partial charge in [-0.15, -0.1) is 0 Å².